The van der Waals surface area contributed by atoms with E-state index in [0.717, 1.165) is 0 Å². The maximum absolute atomic E-state index is 2.82. The van der Waals surface area contributed by atoms with Crippen molar-refractivity contribution in [3.8, 4) is 0 Å². The van der Waals surface area contributed by atoms with Crippen LogP contribution in [0.15, 0.2) is 23.8 Å². The van der Waals surface area contributed by atoms with E-state index in [1.807, 2.05) is 0 Å². The molecule has 0 aliphatic heterocycles. The number of hydrogen-bond acceptors (Lipinski definition) is 0. The summed E-state index contributed by atoms with van der Waals surface area (Å²) >= 11 is 0. The molecule has 0 aromatic heterocycles. The van der Waals surface area contributed by atoms with Crippen LogP contribution in [-0.4, -0.2) is 10.8 Å². The Kier molecular flexibility index (Phi) is 4.15. The molecule has 0 nitrogen and oxygen atoms in total. The Hall–Kier alpha value is 1.20. The zero-order chi connectivity index (χ0) is 8.43. The Bertz CT molecular complexity index is 193. The monoisotopic (exact) mass is 222 g/mol. The quantitative estimate of drug-likeness (QED) is 0.628. The summed E-state index contributed by atoms with van der Waals surface area (Å²) in [4.78, 5) is 0. The third-order valence-electron chi connectivity index (χ3n) is 1.79. The van der Waals surface area contributed by atoms with Gasteiger partial charge in [-0.15, -0.1) is 37.0 Å². The largest absolute Gasteiger partial charge is 0.129 e. The fourth-order valence-corrected chi connectivity index (χ4v) is 2.56. The molecule has 1 aliphatic rings. The molecule has 0 radical (unpaired) electrons. The van der Waals surface area contributed by atoms with Crippen molar-refractivity contribution < 1.29 is 0 Å². The first-order valence-corrected chi connectivity index (χ1v) is 6.20. The van der Waals surface area contributed by atoms with Gasteiger partial charge in [0, 0.05) is 11.3 Å². The van der Waals surface area contributed by atoms with E-state index < -0.39 is 0 Å². The van der Waals surface area contributed by atoms with Crippen molar-refractivity contribution in [2.45, 2.75) is 10.8 Å². The van der Waals surface area contributed by atoms with Gasteiger partial charge in [-0.3, -0.25) is 0 Å². The molecule has 4 heteroatoms. The SMILES string of the molecule is PC(P)C1=CC=CC1C(P)P. The van der Waals surface area contributed by atoms with Crippen LogP contribution < -0.4 is 0 Å². The van der Waals surface area contributed by atoms with Crippen LogP contribution in [0.1, 0.15) is 0 Å². The zero-order valence-electron chi connectivity index (χ0n) is 6.27. The molecule has 11 heavy (non-hydrogen) atoms. The predicted molar refractivity (Wildman–Crippen MR) is 67.1 cm³/mol. The van der Waals surface area contributed by atoms with Gasteiger partial charge in [-0.05, 0) is 5.40 Å². The highest BCUT2D eigenvalue weighted by Gasteiger charge is 2.20. The molecule has 1 rings (SSSR count). The van der Waals surface area contributed by atoms with E-state index in [1.165, 1.54) is 5.57 Å². The lowest BCUT2D eigenvalue weighted by Gasteiger charge is -2.19. The van der Waals surface area contributed by atoms with Gasteiger partial charge in [0.15, 0.2) is 0 Å². The van der Waals surface area contributed by atoms with Crippen molar-refractivity contribution in [3.05, 3.63) is 23.8 Å². The molecule has 0 N–H and O–H groups in total. The highest BCUT2D eigenvalue weighted by atomic mass is 31.1. The van der Waals surface area contributed by atoms with E-state index in [-0.39, 0.29) is 0 Å². The maximum Gasteiger partial charge on any atom is 0.00970 e. The smallest absolute Gasteiger partial charge is 0.00970 e. The average Bonchev–Trinajstić information content (AvgIpc) is 2.32. The second-order valence-corrected chi connectivity index (χ2v) is 7.20. The summed E-state index contributed by atoms with van der Waals surface area (Å²) in [6, 6.07) is 0. The second-order valence-electron chi connectivity index (χ2n) is 2.68. The van der Waals surface area contributed by atoms with Crippen LogP contribution in [0, 0.1) is 5.92 Å². The van der Waals surface area contributed by atoms with Crippen LogP contribution in [-0.2, 0) is 0 Å². The fraction of sp³-hybridized carbons (Fsp3) is 0.429. The molecule has 5 unspecified atom stereocenters. The van der Waals surface area contributed by atoms with E-state index in [0.29, 0.717) is 16.7 Å². The van der Waals surface area contributed by atoms with E-state index >= 15 is 0 Å². The molecular formula is C7H14P4. The van der Waals surface area contributed by atoms with Gasteiger partial charge >= 0.3 is 0 Å². The van der Waals surface area contributed by atoms with Crippen LogP contribution in [0.4, 0.5) is 0 Å². The first kappa shape index (κ1) is 10.3. The topological polar surface area (TPSA) is 0 Å². The first-order chi connectivity index (χ1) is 5.13. The van der Waals surface area contributed by atoms with Crippen LogP contribution in [0.2, 0.25) is 0 Å². The Labute approximate surface area is 77.9 Å². The third kappa shape index (κ3) is 2.57. The Morgan fingerprint density at radius 2 is 1.82 bits per heavy atom. The van der Waals surface area contributed by atoms with Crippen LogP contribution in [0.5, 0.6) is 0 Å². The van der Waals surface area contributed by atoms with E-state index in [9.17, 15) is 0 Å². The van der Waals surface area contributed by atoms with Gasteiger partial charge in [0.2, 0.25) is 0 Å². The van der Waals surface area contributed by atoms with E-state index in [1.54, 1.807) is 0 Å². The summed E-state index contributed by atoms with van der Waals surface area (Å²) in [6.07, 6.45) is 6.60. The summed E-state index contributed by atoms with van der Waals surface area (Å²) in [5.74, 6) is 0.588. The highest BCUT2D eigenvalue weighted by Crippen LogP contribution is 2.37. The van der Waals surface area contributed by atoms with E-state index in [4.69, 9.17) is 0 Å². The molecule has 62 valence electrons. The molecule has 0 saturated heterocycles. The molecule has 5 atom stereocenters. The molecule has 0 bridgehead atoms. The Morgan fingerprint density at radius 1 is 1.18 bits per heavy atom. The van der Waals surface area contributed by atoms with Crippen molar-refractivity contribution in [1.82, 2.24) is 0 Å². The van der Waals surface area contributed by atoms with Crippen LogP contribution >= 0.6 is 37.0 Å². The lowest BCUT2D eigenvalue weighted by molar-refractivity contribution is 0.856. The number of hydrogen-bond donors (Lipinski definition) is 0. The molecule has 0 heterocycles. The van der Waals surface area contributed by atoms with Gasteiger partial charge in [0.25, 0.3) is 0 Å². The molecule has 0 fully saturated rings. The van der Waals surface area contributed by atoms with Crippen molar-refractivity contribution in [2.24, 2.45) is 5.92 Å². The first-order valence-electron chi connectivity index (χ1n) is 3.53. The van der Waals surface area contributed by atoms with Gasteiger partial charge in [0.1, 0.15) is 0 Å². The van der Waals surface area contributed by atoms with Gasteiger partial charge in [-0.1, -0.05) is 23.8 Å². The standard InChI is InChI=1S/C7H14P4/c8-6(9)4-2-1-3-5(4)7(10)11/h1-4,6-7H,8-11H2. The molecule has 0 spiro atoms. The third-order valence-corrected chi connectivity index (χ3v) is 3.39. The molecule has 1 aliphatic carbocycles. The molecular weight excluding hydrogens is 208 g/mol. The number of rotatable bonds is 2. The van der Waals surface area contributed by atoms with Gasteiger partial charge < -0.3 is 0 Å². The second kappa shape index (κ2) is 4.44. The molecule has 0 saturated carbocycles. The predicted octanol–water partition coefficient (Wildman–Crippen LogP) is 2.25. The summed E-state index contributed by atoms with van der Waals surface area (Å²) in [5, 5.41) is 1.07. The fourth-order valence-electron chi connectivity index (χ4n) is 1.19. The van der Waals surface area contributed by atoms with Crippen molar-refractivity contribution in [1.29, 1.82) is 0 Å². The van der Waals surface area contributed by atoms with Crippen molar-refractivity contribution in [2.75, 3.05) is 0 Å². The van der Waals surface area contributed by atoms with Gasteiger partial charge in [-0.2, -0.15) is 0 Å². The lowest BCUT2D eigenvalue weighted by Crippen LogP contribution is -2.10. The summed E-state index contributed by atoms with van der Waals surface area (Å²) in [7, 11) is 11.3. The minimum absolute atomic E-state index is 0.513. The average molecular weight is 222 g/mol. The normalized spacial score (nSPS) is 23.5. The number of allylic oxidation sites excluding steroid dienone is 4. The van der Waals surface area contributed by atoms with Gasteiger partial charge in [-0.25, -0.2) is 0 Å². The maximum atomic E-state index is 2.82. The van der Waals surface area contributed by atoms with Crippen LogP contribution in [0.3, 0.4) is 0 Å². The highest BCUT2D eigenvalue weighted by molar-refractivity contribution is 7.39. The minimum Gasteiger partial charge on any atom is -0.129 e. The van der Waals surface area contributed by atoms with E-state index in [2.05, 4.69) is 55.2 Å². The summed E-state index contributed by atoms with van der Waals surface area (Å²) in [5.41, 5.74) is 1.48. The summed E-state index contributed by atoms with van der Waals surface area (Å²) < 4.78 is 0. The molecule has 0 aromatic rings. The Morgan fingerprint density at radius 3 is 2.18 bits per heavy atom. The Balaban J connectivity index is 2.69. The minimum atomic E-state index is 0.513. The lowest BCUT2D eigenvalue weighted by atomic mass is 10.1. The van der Waals surface area contributed by atoms with Crippen molar-refractivity contribution >= 4 is 37.0 Å². The summed E-state index contributed by atoms with van der Waals surface area (Å²) in [6.45, 7) is 0. The van der Waals surface area contributed by atoms with Crippen LogP contribution in [0.25, 0.3) is 0 Å². The van der Waals surface area contributed by atoms with Crippen molar-refractivity contribution in [3.63, 3.8) is 0 Å². The zero-order valence-corrected chi connectivity index (χ0v) is 10.9. The molecule has 0 aromatic carbocycles. The molecule has 0 amide bonds. The van der Waals surface area contributed by atoms with Gasteiger partial charge in [0.05, 0.1) is 0 Å².